The molecule has 0 saturated heterocycles. The van der Waals surface area contributed by atoms with Gasteiger partial charge in [0.2, 0.25) is 11.8 Å². The largest absolute Gasteiger partial charge is 0.354 e. The van der Waals surface area contributed by atoms with Crippen LogP contribution in [0.1, 0.15) is 30.9 Å². The Morgan fingerprint density at radius 2 is 1.49 bits per heavy atom. The molecule has 1 atom stereocenters. The number of nitrogens with one attached hydrogen (secondary N) is 1. The number of hydrogen-bond donors (Lipinski definition) is 1. The van der Waals surface area contributed by atoms with Gasteiger partial charge in [0.25, 0.3) is 10.0 Å². The van der Waals surface area contributed by atoms with Crippen molar-refractivity contribution in [2.45, 2.75) is 43.7 Å². The summed E-state index contributed by atoms with van der Waals surface area (Å²) in [5.74, 6) is -0.892. The standard InChI is InChI=1S/C34H34BrCl2N3O4S/c1-2-3-20-38-34(42)32(22-25-10-6-4-7-11-25)39(23-26-14-19-30(36)31(37)21-26)33(41)24-40(28-17-15-27(35)16-18-28)45(43,44)29-12-8-5-9-13-29/h4-19,21,32H,2-3,20,22-24H2,1H3,(H,38,42)/t32-/m0/s1. The minimum atomic E-state index is -4.17. The first-order valence-corrected chi connectivity index (χ1v) is 17.5. The second-order valence-electron chi connectivity index (χ2n) is 10.4. The number of carbonyl (C=O) groups is 2. The van der Waals surface area contributed by atoms with Gasteiger partial charge in [0.15, 0.2) is 0 Å². The summed E-state index contributed by atoms with van der Waals surface area (Å²) in [4.78, 5) is 29.7. The van der Waals surface area contributed by atoms with Gasteiger partial charge in [0, 0.05) is 24.0 Å². The molecule has 2 amide bonds. The lowest BCUT2D eigenvalue weighted by atomic mass is 10.0. The van der Waals surface area contributed by atoms with Crippen molar-refractivity contribution in [2.24, 2.45) is 0 Å². The van der Waals surface area contributed by atoms with E-state index in [-0.39, 0.29) is 23.8 Å². The number of rotatable bonds is 14. The Labute approximate surface area is 283 Å². The molecule has 0 aromatic heterocycles. The Morgan fingerprint density at radius 1 is 0.844 bits per heavy atom. The van der Waals surface area contributed by atoms with Gasteiger partial charge in [-0.15, -0.1) is 0 Å². The maximum atomic E-state index is 14.5. The number of amides is 2. The molecular weight excluding hydrogens is 697 g/mol. The van der Waals surface area contributed by atoms with Crippen LogP contribution >= 0.6 is 39.1 Å². The van der Waals surface area contributed by atoms with E-state index in [4.69, 9.17) is 23.2 Å². The molecule has 0 unspecified atom stereocenters. The number of benzene rings is 4. The average molecular weight is 732 g/mol. The fraction of sp³-hybridized carbons (Fsp3) is 0.235. The molecule has 4 aromatic carbocycles. The highest BCUT2D eigenvalue weighted by molar-refractivity contribution is 9.10. The first kappa shape index (κ1) is 34.5. The zero-order valence-corrected chi connectivity index (χ0v) is 28.6. The molecule has 0 aliphatic heterocycles. The lowest BCUT2D eigenvalue weighted by Crippen LogP contribution is -2.53. The molecular formula is C34H34BrCl2N3O4S. The van der Waals surface area contributed by atoms with Crippen LogP contribution < -0.4 is 9.62 Å². The second-order valence-corrected chi connectivity index (χ2v) is 14.0. The number of sulfonamides is 1. The van der Waals surface area contributed by atoms with Crippen LogP contribution in [0.15, 0.2) is 112 Å². The van der Waals surface area contributed by atoms with E-state index >= 15 is 0 Å². The lowest BCUT2D eigenvalue weighted by Gasteiger charge is -2.34. The van der Waals surface area contributed by atoms with Crippen LogP contribution in [-0.4, -0.2) is 44.3 Å². The van der Waals surface area contributed by atoms with Crippen molar-refractivity contribution >= 4 is 66.7 Å². The maximum Gasteiger partial charge on any atom is 0.264 e. The van der Waals surface area contributed by atoms with Crippen LogP contribution in [0.3, 0.4) is 0 Å². The first-order chi connectivity index (χ1) is 21.6. The van der Waals surface area contributed by atoms with Crippen LogP contribution in [-0.2, 0) is 32.6 Å². The minimum absolute atomic E-state index is 0.00597. The number of halogens is 3. The molecule has 0 bridgehead atoms. The highest BCUT2D eigenvalue weighted by Crippen LogP contribution is 2.28. The predicted molar refractivity (Wildman–Crippen MR) is 184 cm³/mol. The van der Waals surface area contributed by atoms with E-state index in [0.717, 1.165) is 27.2 Å². The van der Waals surface area contributed by atoms with E-state index in [9.17, 15) is 18.0 Å². The van der Waals surface area contributed by atoms with Crippen LogP contribution in [0.25, 0.3) is 0 Å². The van der Waals surface area contributed by atoms with Crippen LogP contribution in [0, 0.1) is 0 Å². The van der Waals surface area contributed by atoms with Gasteiger partial charge < -0.3 is 10.2 Å². The SMILES string of the molecule is CCCCNC(=O)[C@H](Cc1ccccc1)N(Cc1ccc(Cl)c(Cl)c1)C(=O)CN(c1ccc(Br)cc1)S(=O)(=O)c1ccccc1. The van der Waals surface area contributed by atoms with Gasteiger partial charge in [-0.2, -0.15) is 0 Å². The highest BCUT2D eigenvalue weighted by atomic mass is 79.9. The smallest absolute Gasteiger partial charge is 0.264 e. The molecule has 45 heavy (non-hydrogen) atoms. The molecule has 0 heterocycles. The summed E-state index contributed by atoms with van der Waals surface area (Å²) in [5.41, 5.74) is 1.79. The first-order valence-electron chi connectivity index (χ1n) is 14.5. The Hall–Kier alpha value is -3.37. The van der Waals surface area contributed by atoms with Gasteiger partial charge in [-0.25, -0.2) is 8.42 Å². The summed E-state index contributed by atoms with van der Waals surface area (Å²) in [6, 6.07) is 28.1. The zero-order valence-electron chi connectivity index (χ0n) is 24.7. The van der Waals surface area contributed by atoms with Gasteiger partial charge in [-0.1, -0.05) is 107 Å². The number of nitrogens with zero attached hydrogens (tertiary/aromatic N) is 2. The van der Waals surface area contributed by atoms with Gasteiger partial charge in [0.05, 0.1) is 20.6 Å². The van der Waals surface area contributed by atoms with Crippen molar-refractivity contribution in [1.29, 1.82) is 0 Å². The summed E-state index contributed by atoms with van der Waals surface area (Å²) in [7, 11) is -4.17. The van der Waals surface area contributed by atoms with Crippen molar-refractivity contribution in [3.8, 4) is 0 Å². The lowest BCUT2D eigenvalue weighted by molar-refractivity contribution is -0.140. The third kappa shape index (κ3) is 9.33. The number of carbonyl (C=O) groups excluding carboxylic acids is 2. The van der Waals surface area contributed by atoms with Crippen LogP contribution in [0.4, 0.5) is 5.69 Å². The van der Waals surface area contributed by atoms with Crippen molar-refractivity contribution in [3.05, 3.63) is 129 Å². The minimum Gasteiger partial charge on any atom is -0.354 e. The molecule has 0 fully saturated rings. The van der Waals surface area contributed by atoms with E-state index in [1.54, 1.807) is 60.7 Å². The van der Waals surface area contributed by atoms with E-state index in [1.807, 2.05) is 37.3 Å². The molecule has 236 valence electrons. The fourth-order valence-corrected chi connectivity index (χ4v) is 6.77. The molecule has 7 nitrogen and oxygen atoms in total. The molecule has 0 aliphatic carbocycles. The van der Waals surface area contributed by atoms with Crippen LogP contribution in [0.2, 0.25) is 10.0 Å². The van der Waals surface area contributed by atoms with E-state index < -0.39 is 28.5 Å². The molecule has 0 radical (unpaired) electrons. The number of anilines is 1. The van der Waals surface area contributed by atoms with E-state index in [2.05, 4.69) is 21.2 Å². The van der Waals surface area contributed by atoms with E-state index in [0.29, 0.717) is 27.8 Å². The van der Waals surface area contributed by atoms with E-state index in [1.165, 1.54) is 17.0 Å². The zero-order chi connectivity index (χ0) is 32.4. The summed E-state index contributed by atoms with van der Waals surface area (Å²) < 4.78 is 29.9. The molecule has 0 saturated carbocycles. The molecule has 4 rings (SSSR count). The Balaban J connectivity index is 1.79. The van der Waals surface area contributed by atoms with Crippen molar-refractivity contribution in [1.82, 2.24) is 10.2 Å². The normalized spacial score (nSPS) is 11.9. The monoisotopic (exact) mass is 729 g/mol. The van der Waals surface area contributed by atoms with Gasteiger partial charge in [0.1, 0.15) is 12.6 Å². The van der Waals surface area contributed by atoms with Gasteiger partial charge in [-0.3, -0.25) is 13.9 Å². The van der Waals surface area contributed by atoms with Crippen molar-refractivity contribution in [2.75, 3.05) is 17.4 Å². The summed E-state index contributed by atoms with van der Waals surface area (Å²) in [6.07, 6.45) is 1.88. The molecule has 4 aromatic rings. The third-order valence-corrected chi connectivity index (χ3v) is 10.2. The summed E-state index contributed by atoms with van der Waals surface area (Å²) in [5, 5.41) is 3.63. The van der Waals surface area contributed by atoms with Gasteiger partial charge >= 0.3 is 0 Å². The second kappa shape index (κ2) is 16.3. The number of unbranched alkanes of at least 4 members (excludes halogenated alkanes) is 1. The highest BCUT2D eigenvalue weighted by Gasteiger charge is 2.34. The Bertz CT molecular complexity index is 1690. The number of hydrogen-bond acceptors (Lipinski definition) is 4. The fourth-order valence-electron chi connectivity index (χ4n) is 4.75. The molecule has 1 N–H and O–H groups in total. The average Bonchev–Trinajstić information content (AvgIpc) is 3.04. The maximum absolute atomic E-state index is 14.5. The van der Waals surface area contributed by atoms with Crippen LogP contribution in [0.5, 0.6) is 0 Å². The quantitative estimate of drug-likeness (QED) is 0.136. The molecule has 11 heteroatoms. The summed E-state index contributed by atoms with van der Waals surface area (Å²) in [6.45, 7) is 1.92. The third-order valence-electron chi connectivity index (χ3n) is 7.16. The van der Waals surface area contributed by atoms with Gasteiger partial charge in [-0.05, 0) is 66.1 Å². The summed E-state index contributed by atoms with van der Waals surface area (Å²) >= 11 is 15.9. The molecule has 0 aliphatic rings. The van der Waals surface area contributed by atoms with Crippen molar-refractivity contribution < 1.29 is 18.0 Å². The molecule has 0 spiro atoms. The predicted octanol–water partition coefficient (Wildman–Crippen LogP) is 7.51. The van der Waals surface area contributed by atoms with Crippen molar-refractivity contribution in [3.63, 3.8) is 0 Å². The topological polar surface area (TPSA) is 86.8 Å². The Morgan fingerprint density at radius 3 is 2.11 bits per heavy atom. The Kier molecular flexibility index (Phi) is 12.5.